The standard InChI is InChI=1S/C13H26N2O2/c1-11(2)10-15(8-9-17-3)12(16)13(14)6-4-5-7-13/h11H,4-10,14H2,1-3H3. The summed E-state index contributed by atoms with van der Waals surface area (Å²) in [6, 6.07) is 0. The van der Waals surface area contributed by atoms with Gasteiger partial charge in [0, 0.05) is 20.2 Å². The van der Waals surface area contributed by atoms with Crippen LogP contribution < -0.4 is 5.73 Å². The summed E-state index contributed by atoms with van der Waals surface area (Å²) >= 11 is 0. The Morgan fingerprint density at radius 2 is 2.00 bits per heavy atom. The summed E-state index contributed by atoms with van der Waals surface area (Å²) in [5, 5.41) is 0. The molecule has 0 heterocycles. The fourth-order valence-electron chi connectivity index (χ4n) is 2.45. The number of amides is 1. The molecule has 1 saturated carbocycles. The van der Waals surface area contributed by atoms with Gasteiger partial charge in [0.1, 0.15) is 0 Å². The summed E-state index contributed by atoms with van der Waals surface area (Å²) < 4.78 is 5.06. The minimum atomic E-state index is -0.609. The van der Waals surface area contributed by atoms with E-state index in [1.165, 1.54) is 0 Å². The highest BCUT2D eigenvalue weighted by Crippen LogP contribution is 2.29. The van der Waals surface area contributed by atoms with Crippen molar-refractivity contribution < 1.29 is 9.53 Å². The lowest BCUT2D eigenvalue weighted by Crippen LogP contribution is -2.55. The van der Waals surface area contributed by atoms with Gasteiger partial charge < -0.3 is 15.4 Å². The zero-order valence-corrected chi connectivity index (χ0v) is 11.4. The molecular weight excluding hydrogens is 216 g/mol. The van der Waals surface area contributed by atoms with Crippen molar-refractivity contribution in [1.82, 2.24) is 4.90 Å². The molecule has 1 fully saturated rings. The lowest BCUT2D eigenvalue weighted by atomic mass is 9.96. The quantitative estimate of drug-likeness (QED) is 0.765. The zero-order valence-electron chi connectivity index (χ0n) is 11.4. The minimum absolute atomic E-state index is 0.112. The van der Waals surface area contributed by atoms with Crippen molar-refractivity contribution >= 4 is 5.91 Å². The Morgan fingerprint density at radius 3 is 2.47 bits per heavy atom. The first-order valence-electron chi connectivity index (χ1n) is 6.57. The Kier molecular flexibility index (Phi) is 5.40. The smallest absolute Gasteiger partial charge is 0.242 e. The largest absolute Gasteiger partial charge is 0.383 e. The molecule has 1 amide bonds. The summed E-state index contributed by atoms with van der Waals surface area (Å²) in [5.41, 5.74) is 5.61. The first-order valence-corrected chi connectivity index (χ1v) is 6.57. The minimum Gasteiger partial charge on any atom is -0.383 e. The van der Waals surface area contributed by atoms with Crippen LogP contribution in [0.5, 0.6) is 0 Å². The third-order valence-corrected chi connectivity index (χ3v) is 3.36. The Morgan fingerprint density at radius 1 is 1.41 bits per heavy atom. The van der Waals surface area contributed by atoms with Gasteiger partial charge >= 0.3 is 0 Å². The molecule has 4 heteroatoms. The maximum atomic E-state index is 12.5. The molecule has 0 bridgehead atoms. The normalized spacial score (nSPS) is 18.6. The zero-order chi connectivity index (χ0) is 12.9. The second kappa shape index (κ2) is 6.36. The van der Waals surface area contributed by atoms with Gasteiger partial charge in [-0.1, -0.05) is 26.7 Å². The number of carbonyl (C=O) groups excluding carboxylic acids is 1. The molecule has 1 aliphatic carbocycles. The molecule has 0 atom stereocenters. The Hall–Kier alpha value is -0.610. The highest BCUT2D eigenvalue weighted by Gasteiger charge is 2.39. The molecule has 0 spiro atoms. The van der Waals surface area contributed by atoms with Gasteiger partial charge in [-0.2, -0.15) is 0 Å². The predicted octanol–water partition coefficient (Wildman–Crippen LogP) is 1.39. The van der Waals surface area contributed by atoms with E-state index in [9.17, 15) is 4.79 Å². The van der Waals surface area contributed by atoms with Crippen molar-refractivity contribution in [2.45, 2.75) is 45.1 Å². The van der Waals surface area contributed by atoms with Gasteiger partial charge in [0.15, 0.2) is 0 Å². The summed E-state index contributed by atoms with van der Waals surface area (Å²) in [6.45, 7) is 6.22. The molecule has 0 aliphatic heterocycles. The van der Waals surface area contributed by atoms with E-state index in [2.05, 4.69) is 13.8 Å². The van der Waals surface area contributed by atoms with Crippen molar-refractivity contribution in [3.8, 4) is 0 Å². The van der Waals surface area contributed by atoms with Crippen LogP contribution in [0, 0.1) is 5.92 Å². The third kappa shape index (κ3) is 3.96. The van der Waals surface area contributed by atoms with E-state index >= 15 is 0 Å². The SMILES string of the molecule is COCCN(CC(C)C)C(=O)C1(N)CCCC1. The molecule has 0 aromatic rings. The second-order valence-electron chi connectivity index (χ2n) is 5.50. The Balaban J connectivity index is 2.63. The van der Waals surface area contributed by atoms with Gasteiger partial charge in [0.2, 0.25) is 5.91 Å². The molecule has 1 rings (SSSR count). The molecule has 17 heavy (non-hydrogen) atoms. The maximum absolute atomic E-state index is 12.5. The van der Waals surface area contributed by atoms with E-state index in [1.54, 1.807) is 7.11 Å². The summed E-state index contributed by atoms with van der Waals surface area (Å²) in [4.78, 5) is 14.3. The first-order chi connectivity index (χ1) is 7.99. The number of rotatable bonds is 6. The van der Waals surface area contributed by atoms with Crippen LogP contribution in [0.25, 0.3) is 0 Å². The van der Waals surface area contributed by atoms with Gasteiger partial charge in [-0.3, -0.25) is 4.79 Å². The molecule has 4 nitrogen and oxygen atoms in total. The van der Waals surface area contributed by atoms with Gasteiger partial charge in [0.25, 0.3) is 0 Å². The van der Waals surface area contributed by atoms with Crippen molar-refractivity contribution in [3.63, 3.8) is 0 Å². The lowest BCUT2D eigenvalue weighted by Gasteiger charge is -2.32. The van der Waals surface area contributed by atoms with Gasteiger partial charge in [-0.05, 0) is 18.8 Å². The van der Waals surface area contributed by atoms with E-state index in [-0.39, 0.29) is 5.91 Å². The van der Waals surface area contributed by atoms with Gasteiger partial charge in [-0.15, -0.1) is 0 Å². The number of hydrogen-bond acceptors (Lipinski definition) is 3. The van der Waals surface area contributed by atoms with Crippen molar-refractivity contribution in [2.75, 3.05) is 26.8 Å². The van der Waals surface area contributed by atoms with Crippen molar-refractivity contribution in [1.29, 1.82) is 0 Å². The van der Waals surface area contributed by atoms with Crippen LogP contribution >= 0.6 is 0 Å². The number of ether oxygens (including phenoxy) is 1. The topological polar surface area (TPSA) is 55.6 Å². The van der Waals surface area contributed by atoms with Gasteiger partial charge in [-0.25, -0.2) is 0 Å². The Labute approximate surface area is 104 Å². The van der Waals surface area contributed by atoms with Crippen LogP contribution in [0.2, 0.25) is 0 Å². The molecule has 0 aromatic carbocycles. The molecule has 100 valence electrons. The van der Waals surface area contributed by atoms with Crippen LogP contribution in [-0.2, 0) is 9.53 Å². The second-order valence-corrected chi connectivity index (χ2v) is 5.50. The average Bonchev–Trinajstić information content (AvgIpc) is 2.71. The van der Waals surface area contributed by atoms with E-state index in [0.29, 0.717) is 19.1 Å². The monoisotopic (exact) mass is 242 g/mol. The predicted molar refractivity (Wildman–Crippen MR) is 68.7 cm³/mol. The number of carbonyl (C=O) groups is 1. The average molecular weight is 242 g/mol. The third-order valence-electron chi connectivity index (χ3n) is 3.36. The molecular formula is C13H26N2O2. The number of nitrogens with zero attached hydrogens (tertiary/aromatic N) is 1. The summed E-state index contributed by atoms with van der Waals surface area (Å²) in [6.07, 6.45) is 3.80. The van der Waals surface area contributed by atoms with Crippen LogP contribution in [0.4, 0.5) is 0 Å². The summed E-state index contributed by atoms with van der Waals surface area (Å²) in [7, 11) is 1.66. The summed E-state index contributed by atoms with van der Waals surface area (Å²) in [5.74, 6) is 0.571. The number of hydrogen-bond donors (Lipinski definition) is 1. The highest BCUT2D eigenvalue weighted by molar-refractivity contribution is 5.86. The molecule has 2 N–H and O–H groups in total. The van der Waals surface area contributed by atoms with E-state index in [4.69, 9.17) is 10.5 Å². The molecule has 1 aliphatic rings. The number of methoxy groups -OCH3 is 1. The van der Waals surface area contributed by atoms with E-state index < -0.39 is 5.54 Å². The van der Waals surface area contributed by atoms with E-state index in [1.807, 2.05) is 4.90 Å². The van der Waals surface area contributed by atoms with Crippen LogP contribution in [-0.4, -0.2) is 43.2 Å². The van der Waals surface area contributed by atoms with Crippen LogP contribution in [0.15, 0.2) is 0 Å². The van der Waals surface area contributed by atoms with Gasteiger partial charge in [0.05, 0.1) is 12.1 Å². The Bertz CT molecular complexity index is 248. The van der Waals surface area contributed by atoms with Crippen LogP contribution in [0.3, 0.4) is 0 Å². The van der Waals surface area contributed by atoms with E-state index in [0.717, 1.165) is 32.2 Å². The van der Waals surface area contributed by atoms with Crippen molar-refractivity contribution in [2.24, 2.45) is 11.7 Å². The molecule has 0 aromatic heterocycles. The van der Waals surface area contributed by atoms with Crippen LogP contribution in [0.1, 0.15) is 39.5 Å². The fraction of sp³-hybridized carbons (Fsp3) is 0.923. The highest BCUT2D eigenvalue weighted by atomic mass is 16.5. The maximum Gasteiger partial charge on any atom is 0.242 e. The molecule has 0 saturated heterocycles. The lowest BCUT2D eigenvalue weighted by molar-refractivity contribution is -0.138. The van der Waals surface area contributed by atoms with Crippen molar-refractivity contribution in [3.05, 3.63) is 0 Å². The molecule has 0 unspecified atom stereocenters. The molecule has 0 radical (unpaired) electrons. The number of nitrogens with two attached hydrogens (primary N) is 1. The first kappa shape index (κ1) is 14.5. The fourth-order valence-corrected chi connectivity index (χ4v) is 2.45.